The van der Waals surface area contributed by atoms with Gasteiger partial charge in [0.2, 0.25) is 0 Å². The van der Waals surface area contributed by atoms with Crippen LogP contribution in [0.5, 0.6) is 0 Å². The molecule has 104 valence electrons. The summed E-state index contributed by atoms with van der Waals surface area (Å²) in [4.78, 5) is 0. The Balaban J connectivity index is 4.05. The number of hydrogen-bond acceptors (Lipinski definition) is 4. The molecule has 0 aliphatic rings. The van der Waals surface area contributed by atoms with E-state index < -0.39 is 19.6 Å². The minimum absolute atomic E-state index is 0.698. The monoisotopic (exact) mass is 355 g/mol. The molecule has 1 N–H and O–H groups in total. The molecule has 0 atom stereocenters. The fourth-order valence-electron chi connectivity index (χ4n) is 1.77. The van der Waals surface area contributed by atoms with Gasteiger partial charge in [-0.05, 0) is 0 Å². The molecule has 0 heterocycles. The van der Waals surface area contributed by atoms with Crippen LogP contribution in [0.2, 0.25) is 4.44 Å². The van der Waals surface area contributed by atoms with Crippen molar-refractivity contribution in [2.45, 2.75) is 45.0 Å². The Bertz CT molecular complexity index is 153. The summed E-state index contributed by atoms with van der Waals surface area (Å²) in [7, 11) is 0. The van der Waals surface area contributed by atoms with Gasteiger partial charge < -0.3 is 0 Å². The van der Waals surface area contributed by atoms with Crippen molar-refractivity contribution in [3.63, 3.8) is 0 Å². The molecule has 0 aromatic heterocycles. The Morgan fingerprint density at radius 2 is 1.35 bits per heavy atom. The molecule has 0 unspecified atom stereocenters. The van der Waals surface area contributed by atoms with Crippen molar-refractivity contribution in [2.75, 3.05) is 32.9 Å². The molecule has 0 saturated heterocycles. The molecule has 5 heteroatoms. The van der Waals surface area contributed by atoms with Crippen LogP contribution in [-0.2, 0) is 9.22 Å². The van der Waals surface area contributed by atoms with Crippen LogP contribution in [0.3, 0.4) is 0 Å². The van der Waals surface area contributed by atoms with Gasteiger partial charge >= 0.3 is 112 Å². The van der Waals surface area contributed by atoms with Crippen molar-refractivity contribution in [1.29, 1.82) is 0 Å². The topological polar surface area (TPSA) is 39.7 Å². The first-order valence-electron chi connectivity index (χ1n) is 6.87. The van der Waals surface area contributed by atoms with E-state index in [2.05, 4.69) is 12.2 Å². The van der Waals surface area contributed by atoms with Crippen molar-refractivity contribution in [3.05, 3.63) is 0 Å². The van der Waals surface area contributed by atoms with Gasteiger partial charge in [-0.3, -0.25) is 0 Å². The van der Waals surface area contributed by atoms with Crippen LogP contribution in [0.4, 0.5) is 0 Å². The summed E-state index contributed by atoms with van der Waals surface area (Å²) in [5.41, 5.74) is 0. The van der Waals surface area contributed by atoms with Gasteiger partial charge in [-0.1, -0.05) is 0 Å². The second-order valence-corrected chi connectivity index (χ2v) is 11.6. The van der Waals surface area contributed by atoms with Gasteiger partial charge in [0.05, 0.1) is 0 Å². The molecule has 0 saturated carbocycles. The summed E-state index contributed by atoms with van der Waals surface area (Å²) >= 11 is -3.18. The van der Waals surface area contributed by atoms with Gasteiger partial charge in [0.1, 0.15) is 0 Å². The minimum atomic E-state index is -3.18. The van der Waals surface area contributed by atoms with E-state index >= 15 is 0 Å². The Morgan fingerprint density at radius 3 is 1.76 bits per heavy atom. The molecule has 0 fully saturated rings. The molecule has 0 bridgehead atoms. The van der Waals surface area contributed by atoms with Crippen LogP contribution in [0, 0.1) is 0 Å². The summed E-state index contributed by atoms with van der Waals surface area (Å²) in [5.74, 6) is 0. The molecule has 4 nitrogen and oxygen atoms in total. The van der Waals surface area contributed by atoms with E-state index in [1.807, 2.05) is 20.8 Å². The van der Waals surface area contributed by atoms with Gasteiger partial charge in [0, 0.05) is 0 Å². The second-order valence-electron chi connectivity index (χ2n) is 3.79. The first-order valence-corrected chi connectivity index (χ1v) is 12.4. The third-order valence-corrected chi connectivity index (χ3v) is 11.4. The van der Waals surface area contributed by atoms with Crippen molar-refractivity contribution in [3.8, 4) is 0 Å². The second kappa shape index (κ2) is 11.7. The molecular weight excluding hydrogens is 325 g/mol. The molecule has 0 aromatic rings. The zero-order chi connectivity index (χ0) is 13.0. The van der Waals surface area contributed by atoms with E-state index in [1.54, 1.807) is 0 Å². The van der Waals surface area contributed by atoms with E-state index in [0.29, 0.717) is 19.8 Å². The zero-order valence-corrected chi connectivity index (χ0v) is 14.7. The van der Waals surface area contributed by atoms with Gasteiger partial charge in [-0.2, -0.15) is 0 Å². The maximum atomic E-state index is 5.86. The van der Waals surface area contributed by atoms with Crippen molar-refractivity contribution in [2.24, 2.45) is 0 Å². The summed E-state index contributed by atoms with van der Waals surface area (Å²) in [5, 5.41) is 3.33. The van der Waals surface area contributed by atoms with Crippen LogP contribution in [0.25, 0.3) is 0 Å². The third-order valence-electron chi connectivity index (χ3n) is 2.43. The van der Waals surface area contributed by atoms with Crippen LogP contribution in [-0.4, -0.2) is 52.5 Å². The SMILES string of the molecule is CCNCCC[CH2][Sn]([O]CC)([O]CC)[O]CC. The van der Waals surface area contributed by atoms with Gasteiger partial charge in [-0.15, -0.1) is 0 Å². The Kier molecular flexibility index (Phi) is 12.2. The number of unbranched alkanes of at least 4 members (excludes halogenated alkanes) is 1. The molecule has 0 radical (unpaired) electrons. The van der Waals surface area contributed by atoms with E-state index in [1.165, 1.54) is 6.42 Å². The number of nitrogens with one attached hydrogen (secondary N) is 1. The molecule has 17 heavy (non-hydrogen) atoms. The van der Waals surface area contributed by atoms with Crippen LogP contribution in [0.1, 0.15) is 40.5 Å². The van der Waals surface area contributed by atoms with E-state index in [-0.39, 0.29) is 0 Å². The van der Waals surface area contributed by atoms with Gasteiger partial charge in [-0.25, -0.2) is 0 Å². The fourth-order valence-corrected chi connectivity index (χ4v) is 9.43. The average Bonchev–Trinajstić information content (AvgIpc) is 2.30. The van der Waals surface area contributed by atoms with Crippen LogP contribution in [0.15, 0.2) is 0 Å². The van der Waals surface area contributed by atoms with E-state index in [9.17, 15) is 0 Å². The number of rotatable bonds is 12. The molecule has 0 rings (SSSR count). The third kappa shape index (κ3) is 8.37. The fraction of sp³-hybridized carbons (Fsp3) is 1.00. The predicted molar refractivity (Wildman–Crippen MR) is 73.2 cm³/mol. The standard InChI is InChI=1S/C6H14N.3C2H5O.Sn/c1-3-5-6-7-4-2;3*1-2-3;/h7H,1,3-6H2,2H3;3*2H2,1H3;/q;3*-1;+3. The summed E-state index contributed by atoms with van der Waals surface area (Å²) in [6, 6.07) is 0. The van der Waals surface area contributed by atoms with E-state index in [4.69, 9.17) is 9.22 Å². The van der Waals surface area contributed by atoms with Gasteiger partial charge in [0.15, 0.2) is 0 Å². The van der Waals surface area contributed by atoms with Crippen molar-refractivity contribution in [1.82, 2.24) is 5.32 Å². The molecule has 0 amide bonds. The van der Waals surface area contributed by atoms with Crippen molar-refractivity contribution >= 4 is 19.6 Å². The van der Waals surface area contributed by atoms with Crippen LogP contribution >= 0.6 is 0 Å². The molecule has 0 aliphatic carbocycles. The summed E-state index contributed by atoms with van der Waals surface area (Å²) in [6.07, 6.45) is 2.29. The summed E-state index contributed by atoms with van der Waals surface area (Å²) in [6.45, 7) is 12.4. The Hall–Kier alpha value is 0.639. The maximum absolute atomic E-state index is 5.86. The average molecular weight is 354 g/mol. The normalized spacial score (nSPS) is 12.0. The molecular formula is C12H29NO3Sn. The molecule has 0 aromatic carbocycles. The molecule has 0 spiro atoms. The van der Waals surface area contributed by atoms with Gasteiger partial charge in [0.25, 0.3) is 0 Å². The number of hydrogen-bond donors (Lipinski definition) is 1. The van der Waals surface area contributed by atoms with Crippen molar-refractivity contribution < 1.29 is 9.22 Å². The quantitative estimate of drug-likeness (QED) is 0.432. The zero-order valence-electron chi connectivity index (χ0n) is 11.9. The Labute approximate surface area is 112 Å². The predicted octanol–water partition coefficient (Wildman–Crippen LogP) is 2.42. The first kappa shape index (κ1) is 17.6. The first-order chi connectivity index (χ1) is 8.24. The summed E-state index contributed by atoms with van der Waals surface area (Å²) < 4.78 is 18.6. The Morgan fingerprint density at radius 1 is 0.824 bits per heavy atom. The van der Waals surface area contributed by atoms with E-state index in [0.717, 1.165) is 23.9 Å². The van der Waals surface area contributed by atoms with Crippen LogP contribution < -0.4 is 5.32 Å². The molecule has 0 aliphatic heterocycles.